The second kappa shape index (κ2) is 8.86. The van der Waals surface area contributed by atoms with Crippen molar-refractivity contribution in [2.75, 3.05) is 18.5 Å². The summed E-state index contributed by atoms with van der Waals surface area (Å²) in [7, 11) is 0. The summed E-state index contributed by atoms with van der Waals surface area (Å²) in [5.74, 6) is -0.207. The minimum absolute atomic E-state index is 0.345. The van der Waals surface area contributed by atoms with Crippen LogP contribution in [0.3, 0.4) is 0 Å². The molecule has 0 bridgehead atoms. The molecule has 0 aliphatic rings. The monoisotopic (exact) mass is 329 g/mol. The zero-order valence-corrected chi connectivity index (χ0v) is 14.1. The van der Waals surface area contributed by atoms with Crippen LogP contribution in [0.5, 0.6) is 5.88 Å². The fourth-order valence-corrected chi connectivity index (χ4v) is 2.44. The van der Waals surface area contributed by atoms with Gasteiger partial charge in [0.25, 0.3) is 0 Å². The maximum Gasteiger partial charge on any atom is 0.341 e. The van der Waals surface area contributed by atoms with Crippen LogP contribution in [-0.2, 0) is 17.6 Å². The number of carboxylic acid groups (broad SMARTS) is 1. The van der Waals surface area contributed by atoms with Gasteiger partial charge in [0.1, 0.15) is 0 Å². The first kappa shape index (κ1) is 17.7. The Hall–Kier alpha value is -2.63. The van der Waals surface area contributed by atoms with Crippen molar-refractivity contribution >= 4 is 11.9 Å². The normalized spacial score (nSPS) is 10.4. The van der Waals surface area contributed by atoms with Crippen LogP contribution < -0.4 is 10.1 Å². The molecule has 0 atom stereocenters. The molecule has 128 valence electrons. The molecule has 0 amide bonds. The largest absolute Gasteiger partial charge is 0.479 e. The van der Waals surface area contributed by atoms with E-state index in [1.54, 1.807) is 0 Å². The van der Waals surface area contributed by atoms with Crippen molar-refractivity contribution in [1.29, 1.82) is 0 Å². The Morgan fingerprint density at radius 3 is 2.67 bits per heavy atom. The summed E-state index contributed by atoms with van der Waals surface area (Å²) in [6.45, 7) is 4.17. The number of aliphatic carboxylic acids is 1. The van der Waals surface area contributed by atoms with Gasteiger partial charge in [-0.05, 0) is 31.7 Å². The van der Waals surface area contributed by atoms with E-state index in [0.717, 1.165) is 30.6 Å². The number of aromatic nitrogens is 2. The number of ether oxygens (including phenoxy) is 1. The zero-order chi connectivity index (χ0) is 17.4. The smallest absolute Gasteiger partial charge is 0.341 e. The lowest BCUT2D eigenvalue weighted by atomic mass is 10.1. The summed E-state index contributed by atoms with van der Waals surface area (Å²) >= 11 is 0. The maximum absolute atomic E-state index is 10.7. The van der Waals surface area contributed by atoms with Crippen LogP contribution in [0.25, 0.3) is 0 Å². The predicted octanol–water partition coefficient (Wildman–Crippen LogP) is 2.86. The quantitative estimate of drug-likeness (QED) is 0.688. The maximum atomic E-state index is 10.7. The van der Waals surface area contributed by atoms with Crippen molar-refractivity contribution in [3.05, 3.63) is 47.2 Å². The number of nitrogens with zero attached hydrogens (tertiary/aromatic N) is 2. The molecule has 0 saturated carbocycles. The number of benzene rings is 1. The molecule has 0 saturated heterocycles. The third-order valence-corrected chi connectivity index (χ3v) is 3.63. The van der Waals surface area contributed by atoms with E-state index in [1.807, 2.05) is 32.0 Å². The van der Waals surface area contributed by atoms with Gasteiger partial charge in [0.2, 0.25) is 11.8 Å². The Kier molecular flexibility index (Phi) is 6.54. The van der Waals surface area contributed by atoms with Crippen molar-refractivity contribution in [3.63, 3.8) is 0 Å². The molecule has 1 heterocycles. The van der Waals surface area contributed by atoms with Crippen LogP contribution in [0.4, 0.5) is 5.95 Å². The molecule has 0 aliphatic carbocycles. The van der Waals surface area contributed by atoms with Gasteiger partial charge in [-0.15, -0.1) is 0 Å². The van der Waals surface area contributed by atoms with Crippen LogP contribution >= 0.6 is 0 Å². The molecule has 0 unspecified atom stereocenters. The number of nitrogens with one attached hydrogen (secondary N) is 1. The Labute approximate surface area is 141 Å². The summed E-state index contributed by atoms with van der Waals surface area (Å²) in [6, 6.07) is 10.3. The van der Waals surface area contributed by atoms with Crippen molar-refractivity contribution in [2.45, 2.75) is 33.1 Å². The molecular formula is C18H23N3O3. The van der Waals surface area contributed by atoms with E-state index >= 15 is 0 Å². The molecule has 1 aromatic heterocycles. The number of hydrogen-bond donors (Lipinski definition) is 2. The van der Waals surface area contributed by atoms with Gasteiger partial charge >= 0.3 is 5.97 Å². The molecule has 2 rings (SSSR count). The Bertz CT molecular complexity index is 675. The van der Waals surface area contributed by atoms with Crippen molar-refractivity contribution in [3.8, 4) is 5.88 Å². The number of rotatable bonds is 9. The topological polar surface area (TPSA) is 84.3 Å². The Balaban J connectivity index is 1.95. The van der Waals surface area contributed by atoms with E-state index in [2.05, 4.69) is 27.4 Å². The van der Waals surface area contributed by atoms with Gasteiger partial charge in [-0.1, -0.05) is 37.3 Å². The molecule has 24 heavy (non-hydrogen) atoms. The van der Waals surface area contributed by atoms with E-state index < -0.39 is 12.6 Å². The molecule has 6 heteroatoms. The highest BCUT2D eigenvalue weighted by Crippen LogP contribution is 2.21. The number of aryl methyl sites for hydroxylation is 2. The molecule has 6 nitrogen and oxygen atoms in total. The van der Waals surface area contributed by atoms with Gasteiger partial charge in [-0.2, -0.15) is 4.98 Å². The minimum atomic E-state index is -1.02. The first-order chi connectivity index (χ1) is 11.6. The number of carboxylic acids is 1. The van der Waals surface area contributed by atoms with E-state index in [1.165, 1.54) is 5.56 Å². The molecule has 1 aromatic carbocycles. The summed E-state index contributed by atoms with van der Waals surface area (Å²) in [5, 5.41) is 12.0. The van der Waals surface area contributed by atoms with Crippen molar-refractivity contribution in [1.82, 2.24) is 9.97 Å². The fraction of sp³-hybridized carbons (Fsp3) is 0.389. The SMILES string of the molecule is CCc1c(C)nc(NCCCc2ccccc2)nc1OCC(=O)O. The van der Waals surface area contributed by atoms with Crippen LogP contribution in [0.2, 0.25) is 0 Å². The second-order valence-corrected chi connectivity index (χ2v) is 5.47. The highest BCUT2D eigenvalue weighted by Gasteiger charge is 2.12. The summed E-state index contributed by atoms with van der Waals surface area (Å²) in [6.07, 6.45) is 2.62. The number of anilines is 1. The number of carbonyl (C=O) groups is 1. The van der Waals surface area contributed by atoms with Crippen molar-refractivity contribution < 1.29 is 14.6 Å². The third-order valence-electron chi connectivity index (χ3n) is 3.63. The third kappa shape index (κ3) is 5.22. The predicted molar refractivity (Wildman–Crippen MR) is 92.5 cm³/mol. The summed E-state index contributed by atoms with van der Waals surface area (Å²) < 4.78 is 5.30. The van der Waals surface area contributed by atoms with E-state index in [9.17, 15) is 4.79 Å². The molecular weight excluding hydrogens is 306 g/mol. The van der Waals surface area contributed by atoms with Crippen LogP contribution in [0.15, 0.2) is 30.3 Å². The minimum Gasteiger partial charge on any atom is -0.479 e. The second-order valence-electron chi connectivity index (χ2n) is 5.47. The van der Waals surface area contributed by atoms with Gasteiger partial charge in [-0.25, -0.2) is 9.78 Å². The lowest BCUT2D eigenvalue weighted by Gasteiger charge is -2.13. The zero-order valence-electron chi connectivity index (χ0n) is 14.1. The lowest BCUT2D eigenvalue weighted by Crippen LogP contribution is -2.14. The Morgan fingerprint density at radius 2 is 2.00 bits per heavy atom. The van der Waals surface area contributed by atoms with E-state index in [-0.39, 0.29) is 0 Å². The van der Waals surface area contributed by atoms with Crippen molar-refractivity contribution in [2.24, 2.45) is 0 Å². The molecule has 0 fully saturated rings. The molecule has 0 spiro atoms. The molecule has 2 aromatic rings. The summed E-state index contributed by atoms with van der Waals surface area (Å²) in [5.41, 5.74) is 2.94. The summed E-state index contributed by atoms with van der Waals surface area (Å²) in [4.78, 5) is 19.4. The Morgan fingerprint density at radius 1 is 1.25 bits per heavy atom. The molecule has 2 N–H and O–H groups in total. The first-order valence-corrected chi connectivity index (χ1v) is 8.10. The van der Waals surface area contributed by atoms with Crippen LogP contribution in [0, 0.1) is 6.92 Å². The average molecular weight is 329 g/mol. The van der Waals surface area contributed by atoms with Gasteiger partial charge in [-0.3, -0.25) is 0 Å². The highest BCUT2D eigenvalue weighted by molar-refractivity contribution is 5.68. The van der Waals surface area contributed by atoms with Gasteiger partial charge in [0.05, 0.1) is 0 Å². The van der Waals surface area contributed by atoms with Gasteiger partial charge in [0, 0.05) is 17.8 Å². The van der Waals surface area contributed by atoms with Crippen LogP contribution in [0.1, 0.15) is 30.2 Å². The first-order valence-electron chi connectivity index (χ1n) is 8.10. The van der Waals surface area contributed by atoms with Crippen LogP contribution in [-0.4, -0.2) is 34.2 Å². The van der Waals surface area contributed by atoms with E-state index in [0.29, 0.717) is 18.2 Å². The molecule has 0 radical (unpaired) electrons. The van der Waals surface area contributed by atoms with Gasteiger partial charge in [0.15, 0.2) is 6.61 Å². The molecule has 0 aliphatic heterocycles. The van der Waals surface area contributed by atoms with E-state index in [4.69, 9.17) is 9.84 Å². The standard InChI is InChI=1S/C18H23N3O3/c1-3-15-13(2)20-18(21-17(15)24-12-16(22)23)19-11-7-10-14-8-5-4-6-9-14/h4-6,8-9H,3,7,10-12H2,1-2H3,(H,22,23)(H,19,20,21). The fourth-order valence-electron chi connectivity index (χ4n) is 2.44. The van der Waals surface area contributed by atoms with Gasteiger partial charge < -0.3 is 15.2 Å². The number of hydrogen-bond acceptors (Lipinski definition) is 5. The highest BCUT2D eigenvalue weighted by atomic mass is 16.5. The average Bonchev–Trinajstić information content (AvgIpc) is 2.57. The lowest BCUT2D eigenvalue weighted by molar-refractivity contribution is -0.139.